The van der Waals surface area contributed by atoms with Crippen LogP contribution in [0.3, 0.4) is 0 Å². The molecule has 0 amide bonds. The second-order valence-electron chi connectivity index (χ2n) is 5.00. The minimum absolute atomic E-state index is 0.248. The Hall–Kier alpha value is -2.15. The number of nitrogens with two attached hydrogens (primary N) is 1. The number of hydrogen-bond acceptors (Lipinski definition) is 6. The van der Waals surface area contributed by atoms with E-state index in [2.05, 4.69) is 25.8 Å². The Kier molecular flexibility index (Phi) is 4.52. The van der Waals surface area contributed by atoms with Crippen molar-refractivity contribution in [2.24, 2.45) is 5.84 Å². The van der Waals surface area contributed by atoms with Crippen molar-refractivity contribution in [1.29, 1.82) is 0 Å². The number of anilines is 2. The van der Waals surface area contributed by atoms with Crippen LogP contribution in [0.1, 0.15) is 31.2 Å². The van der Waals surface area contributed by atoms with E-state index in [-0.39, 0.29) is 5.92 Å². The zero-order chi connectivity index (χ0) is 14.5. The summed E-state index contributed by atoms with van der Waals surface area (Å²) in [6, 6.07) is 1.79. The monoisotopic (exact) mass is 275 g/mol. The zero-order valence-electron chi connectivity index (χ0n) is 12.1. The average molecular weight is 275 g/mol. The van der Waals surface area contributed by atoms with Crippen molar-refractivity contribution in [2.75, 3.05) is 17.3 Å². The fourth-order valence-electron chi connectivity index (χ4n) is 1.78. The first-order valence-electron chi connectivity index (χ1n) is 6.67. The highest BCUT2D eigenvalue weighted by molar-refractivity contribution is 5.47. The second kappa shape index (κ2) is 6.33. The molecule has 0 aliphatic carbocycles. The molecular formula is C13H21N7. The zero-order valence-corrected chi connectivity index (χ0v) is 12.1. The van der Waals surface area contributed by atoms with E-state index in [1.807, 2.05) is 37.8 Å². The van der Waals surface area contributed by atoms with Crippen LogP contribution >= 0.6 is 0 Å². The molecule has 4 N–H and O–H groups in total. The maximum Gasteiger partial charge on any atom is 0.145 e. The summed E-state index contributed by atoms with van der Waals surface area (Å²) in [4.78, 5) is 8.79. The van der Waals surface area contributed by atoms with Gasteiger partial charge in [-0.2, -0.15) is 5.10 Å². The van der Waals surface area contributed by atoms with Gasteiger partial charge in [-0.1, -0.05) is 13.8 Å². The van der Waals surface area contributed by atoms with Gasteiger partial charge >= 0.3 is 0 Å². The smallest absolute Gasteiger partial charge is 0.145 e. The standard InChI is InChI=1S/C13H21N7/c1-9(2)13-17-11(6-12(18-13)19-14)15-4-5-20-8-10(3)7-16-20/h6-9H,4-5,14H2,1-3H3,(H2,15,17,18,19). The second-order valence-corrected chi connectivity index (χ2v) is 5.00. The van der Waals surface area contributed by atoms with Gasteiger partial charge in [0.1, 0.15) is 17.5 Å². The van der Waals surface area contributed by atoms with E-state index in [1.54, 1.807) is 6.07 Å². The predicted molar refractivity (Wildman–Crippen MR) is 79.4 cm³/mol. The van der Waals surface area contributed by atoms with Crippen LogP contribution in [-0.2, 0) is 6.54 Å². The Morgan fingerprint density at radius 3 is 2.65 bits per heavy atom. The predicted octanol–water partition coefficient (Wildman–Crippen LogP) is 1.50. The third-order valence-corrected chi connectivity index (χ3v) is 2.82. The molecule has 0 saturated heterocycles. The summed E-state index contributed by atoms with van der Waals surface area (Å²) in [5.74, 6) is 7.81. The molecule has 2 heterocycles. The van der Waals surface area contributed by atoms with Crippen LogP contribution in [-0.4, -0.2) is 26.3 Å². The Morgan fingerprint density at radius 2 is 2.05 bits per heavy atom. The Bertz CT molecular complexity index is 562. The number of aryl methyl sites for hydroxylation is 1. The summed E-state index contributed by atoms with van der Waals surface area (Å²) in [6.07, 6.45) is 3.85. The third-order valence-electron chi connectivity index (χ3n) is 2.82. The van der Waals surface area contributed by atoms with Crippen molar-refractivity contribution in [2.45, 2.75) is 33.2 Å². The lowest BCUT2D eigenvalue weighted by Gasteiger charge is -2.11. The summed E-state index contributed by atoms with van der Waals surface area (Å²) in [5.41, 5.74) is 3.72. The minimum atomic E-state index is 0.248. The van der Waals surface area contributed by atoms with E-state index < -0.39 is 0 Å². The van der Waals surface area contributed by atoms with E-state index in [9.17, 15) is 0 Å². The van der Waals surface area contributed by atoms with Gasteiger partial charge in [-0.3, -0.25) is 4.68 Å². The summed E-state index contributed by atoms with van der Waals surface area (Å²) >= 11 is 0. The number of hydrazine groups is 1. The fourth-order valence-corrected chi connectivity index (χ4v) is 1.78. The number of nitrogens with one attached hydrogen (secondary N) is 2. The molecule has 2 aromatic rings. The number of rotatable bonds is 6. The molecule has 0 aliphatic rings. The first kappa shape index (κ1) is 14.3. The van der Waals surface area contributed by atoms with E-state index in [4.69, 9.17) is 5.84 Å². The topological polar surface area (TPSA) is 93.7 Å². The van der Waals surface area contributed by atoms with Crippen molar-refractivity contribution < 1.29 is 0 Å². The number of nitrogens with zero attached hydrogens (tertiary/aromatic N) is 4. The molecule has 0 fully saturated rings. The average Bonchev–Trinajstić information content (AvgIpc) is 2.84. The van der Waals surface area contributed by atoms with Crippen molar-refractivity contribution in [3.8, 4) is 0 Å². The van der Waals surface area contributed by atoms with E-state index in [0.717, 1.165) is 30.3 Å². The minimum Gasteiger partial charge on any atom is -0.368 e. The molecule has 0 aliphatic heterocycles. The highest BCUT2D eigenvalue weighted by atomic mass is 15.3. The van der Waals surface area contributed by atoms with Gasteiger partial charge < -0.3 is 10.7 Å². The summed E-state index contributed by atoms with van der Waals surface area (Å²) < 4.78 is 1.90. The van der Waals surface area contributed by atoms with Gasteiger partial charge in [0.15, 0.2) is 0 Å². The Balaban J connectivity index is 1.99. The maximum atomic E-state index is 5.43. The van der Waals surface area contributed by atoms with Crippen LogP contribution in [0.15, 0.2) is 18.5 Å². The van der Waals surface area contributed by atoms with Crippen molar-refractivity contribution in [1.82, 2.24) is 19.7 Å². The summed E-state index contributed by atoms with van der Waals surface area (Å²) in [7, 11) is 0. The Morgan fingerprint density at radius 1 is 1.30 bits per heavy atom. The van der Waals surface area contributed by atoms with Crippen LogP contribution < -0.4 is 16.6 Å². The molecule has 20 heavy (non-hydrogen) atoms. The van der Waals surface area contributed by atoms with Crippen LogP contribution in [0, 0.1) is 6.92 Å². The fraction of sp³-hybridized carbons (Fsp3) is 0.462. The largest absolute Gasteiger partial charge is 0.368 e. The lowest BCUT2D eigenvalue weighted by atomic mass is 10.2. The van der Waals surface area contributed by atoms with E-state index >= 15 is 0 Å². The SMILES string of the molecule is Cc1cnn(CCNc2cc(NN)nc(C(C)C)n2)c1. The number of hydrogen-bond donors (Lipinski definition) is 3. The van der Waals surface area contributed by atoms with Gasteiger partial charge in [-0.05, 0) is 12.5 Å². The van der Waals surface area contributed by atoms with Crippen molar-refractivity contribution in [3.05, 3.63) is 29.8 Å². The molecule has 7 nitrogen and oxygen atoms in total. The van der Waals surface area contributed by atoms with Crippen molar-refractivity contribution >= 4 is 11.6 Å². The Labute approximate surface area is 118 Å². The summed E-state index contributed by atoms with van der Waals surface area (Å²) in [6.45, 7) is 7.63. The third kappa shape index (κ3) is 3.67. The highest BCUT2D eigenvalue weighted by Crippen LogP contribution is 2.16. The van der Waals surface area contributed by atoms with Gasteiger partial charge in [0, 0.05) is 24.7 Å². The van der Waals surface area contributed by atoms with Crippen LogP contribution in [0.4, 0.5) is 11.6 Å². The number of aromatic nitrogens is 4. The molecule has 2 rings (SSSR count). The molecule has 0 spiro atoms. The normalized spacial score (nSPS) is 10.8. The molecular weight excluding hydrogens is 254 g/mol. The lowest BCUT2D eigenvalue weighted by Crippen LogP contribution is -2.15. The number of nitrogen functional groups attached to an aromatic ring is 1. The van der Waals surface area contributed by atoms with Crippen LogP contribution in [0.25, 0.3) is 0 Å². The van der Waals surface area contributed by atoms with E-state index in [0.29, 0.717) is 5.82 Å². The van der Waals surface area contributed by atoms with Crippen LogP contribution in [0.5, 0.6) is 0 Å². The van der Waals surface area contributed by atoms with Crippen molar-refractivity contribution in [3.63, 3.8) is 0 Å². The molecule has 7 heteroatoms. The maximum absolute atomic E-state index is 5.43. The van der Waals surface area contributed by atoms with Gasteiger partial charge in [-0.25, -0.2) is 15.8 Å². The highest BCUT2D eigenvalue weighted by Gasteiger charge is 2.07. The van der Waals surface area contributed by atoms with E-state index in [1.165, 1.54) is 0 Å². The summed E-state index contributed by atoms with van der Waals surface area (Å²) in [5, 5.41) is 7.50. The van der Waals surface area contributed by atoms with Gasteiger partial charge in [0.25, 0.3) is 0 Å². The van der Waals surface area contributed by atoms with Gasteiger partial charge in [0.05, 0.1) is 12.7 Å². The molecule has 0 bridgehead atoms. The van der Waals surface area contributed by atoms with Gasteiger partial charge in [-0.15, -0.1) is 0 Å². The molecule has 0 unspecified atom stereocenters. The molecule has 0 saturated carbocycles. The first-order chi connectivity index (χ1) is 9.58. The molecule has 0 radical (unpaired) electrons. The quantitative estimate of drug-likeness (QED) is 0.546. The molecule has 0 aromatic carbocycles. The van der Waals surface area contributed by atoms with Gasteiger partial charge in [0.2, 0.25) is 0 Å². The molecule has 2 aromatic heterocycles. The van der Waals surface area contributed by atoms with Crippen LogP contribution in [0.2, 0.25) is 0 Å². The lowest BCUT2D eigenvalue weighted by molar-refractivity contribution is 0.636. The molecule has 0 atom stereocenters. The molecule has 108 valence electrons. The first-order valence-corrected chi connectivity index (χ1v) is 6.67.